The van der Waals surface area contributed by atoms with Crippen molar-refractivity contribution in [3.05, 3.63) is 64.9 Å². The molecule has 3 aromatic heterocycles. The summed E-state index contributed by atoms with van der Waals surface area (Å²) in [6.07, 6.45) is -1.46. The number of amides is 1. The highest BCUT2D eigenvalue weighted by molar-refractivity contribution is 6.05. The predicted octanol–water partition coefficient (Wildman–Crippen LogP) is 4.16. The van der Waals surface area contributed by atoms with Crippen LogP contribution in [0.5, 0.6) is 0 Å². The summed E-state index contributed by atoms with van der Waals surface area (Å²) >= 11 is 0. The Kier molecular flexibility index (Phi) is 5.95. The number of rotatable bonds is 5. The van der Waals surface area contributed by atoms with Gasteiger partial charge in [0.1, 0.15) is 23.1 Å². The number of nitrogens with zero attached hydrogens (tertiary/aromatic N) is 6. The molecular formula is C24H22F5N7O. The third kappa shape index (κ3) is 4.42. The van der Waals surface area contributed by atoms with Crippen molar-refractivity contribution in [1.29, 1.82) is 0 Å². The van der Waals surface area contributed by atoms with E-state index in [0.29, 0.717) is 48.6 Å². The van der Waals surface area contributed by atoms with E-state index in [2.05, 4.69) is 25.3 Å². The molecular weight excluding hydrogens is 497 g/mol. The second-order valence-electron chi connectivity index (χ2n) is 8.96. The van der Waals surface area contributed by atoms with E-state index in [0.717, 1.165) is 23.9 Å². The number of aryl methyl sites for hydroxylation is 1. The van der Waals surface area contributed by atoms with Crippen molar-refractivity contribution >= 4 is 23.4 Å². The number of anilines is 3. The quantitative estimate of drug-likeness (QED) is 0.507. The number of likely N-dealkylation sites (N-methyl/N-ethyl adjacent to an activating group) is 1. The Morgan fingerprint density at radius 1 is 1.03 bits per heavy atom. The summed E-state index contributed by atoms with van der Waals surface area (Å²) in [5.74, 6) is -2.63. The molecule has 0 bridgehead atoms. The molecule has 0 spiro atoms. The van der Waals surface area contributed by atoms with Crippen molar-refractivity contribution in [3.63, 3.8) is 0 Å². The van der Waals surface area contributed by atoms with E-state index in [-0.39, 0.29) is 18.5 Å². The Morgan fingerprint density at radius 2 is 1.76 bits per heavy atom. The SMILES string of the molecule is CC1C(=O)N2CCCc3nc(NCc4ccc(C(F)(F)c5ccc(C(F)(F)F)nc5)nc4)nc(c32)N1C. The van der Waals surface area contributed by atoms with Crippen LogP contribution in [0.2, 0.25) is 0 Å². The fraction of sp³-hybridized carbons (Fsp3) is 0.375. The fourth-order valence-electron chi connectivity index (χ4n) is 4.37. The van der Waals surface area contributed by atoms with E-state index < -0.39 is 29.1 Å². The van der Waals surface area contributed by atoms with Gasteiger partial charge < -0.3 is 15.1 Å². The van der Waals surface area contributed by atoms with Crippen molar-refractivity contribution < 1.29 is 26.7 Å². The number of hydrogen-bond donors (Lipinski definition) is 1. The lowest BCUT2D eigenvalue weighted by Crippen LogP contribution is -2.53. The van der Waals surface area contributed by atoms with Gasteiger partial charge in [0.05, 0.1) is 5.69 Å². The number of carbonyl (C=O) groups is 1. The molecule has 0 aromatic carbocycles. The van der Waals surface area contributed by atoms with Crippen LogP contribution in [0, 0.1) is 0 Å². The highest BCUT2D eigenvalue weighted by Gasteiger charge is 2.40. The van der Waals surface area contributed by atoms with E-state index in [1.807, 2.05) is 11.8 Å². The van der Waals surface area contributed by atoms with Crippen molar-refractivity contribution in [2.75, 3.05) is 28.7 Å². The van der Waals surface area contributed by atoms with Gasteiger partial charge in [0, 0.05) is 38.1 Å². The summed E-state index contributed by atoms with van der Waals surface area (Å²) in [7, 11) is 1.80. The Morgan fingerprint density at radius 3 is 2.41 bits per heavy atom. The molecule has 8 nitrogen and oxygen atoms in total. The number of nitrogens with one attached hydrogen (secondary N) is 1. The minimum absolute atomic E-state index is 0.00954. The molecule has 0 saturated heterocycles. The summed E-state index contributed by atoms with van der Waals surface area (Å²) in [5, 5.41) is 3.09. The van der Waals surface area contributed by atoms with Crippen LogP contribution in [0.4, 0.5) is 39.4 Å². The van der Waals surface area contributed by atoms with Crippen LogP contribution < -0.4 is 15.1 Å². The van der Waals surface area contributed by atoms with E-state index in [4.69, 9.17) is 0 Å². The largest absolute Gasteiger partial charge is 0.433 e. The van der Waals surface area contributed by atoms with Gasteiger partial charge in [-0.15, -0.1) is 0 Å². The zero-order valence-corrected chi connectivity index (χ0v) is 19.9. The van der Waals surface area contributed by atoms with Gasteiger partial charge in [-0.3, -0.25) is 14.8 Å². The molecule has 5 heterocycles. The first-order valence-corrected chi connectivity index (χ1v) is 11.5. The monoisotopic (exact) mass is 519 g/mol. The molecule has 3 aromatic rings. The van der Waals surface area contributed by atoms with Crippen LogP contribution in [0.25, 0.3) is 0 Å². The lowest BCUT2D eigenvalue weighted by atomic mass is 10.0. The summed E-state index contributed by atoms with van der Waals surface area (Å²) in [4.78, 5) is 32.3. The molecule has 5 rings (SSSR count). The molecule has 1 unspecified atom stereocenters. The highest BCUT2D eigenvalue weighted by atomic mass is 19.4. The number of halogens is 5. The van der Waals surface area contributed by atoms with Crippen LogP contribution in [0.3, 0.4) is 0 Å². The summed E-state index contributed by atoms with van der Waals surface area (Å²) in [6.45, 7) is 2.64. The summed E-state index contributed by atoms with van der Waals surface area (Å²) < 4.78 is 67.7. The predicted molar refractivity (Wildman–Crippen MR) is 124 cm³/mol. The van der Waals surface area contributed by atoms with E-state index in [9.17, 15) is 26.7 Å². The van der Waals surface area contributed by atoms with Crippen molar-refractivity contribution in [2.24, 2.45) is 0 Å². The molecule has 2 aliphatic heterocycles. The Labute approximate surface area is 208 Å². The van der Waals surface area contributed by atoms with E-state index in [1.165, 1.54) is 12.3 Å². The third-order valence-electron chi connectivity index (χ3n) is 6.56. The van der Waals surface area contributed by atoms with E-state index >= 15 is 0 Å². The Balaban J connectivity index is 1.32. The van der Waals surface area contributed by atoms with E-state index in [1.54, 1.807) is 11.9 Å². The first-order chi connectivity index (χ1) is 17.5. The molecule has 0 saturated carbocycles. The van der Waals surface area contributed by atoms with Gasteiger partial charge >= 0.3 is 12.1 Å². The normalized spacial score (nSPS) is 17.6. The maximum absolute atomic E-state index is 14.8. The van der Waals surface area contributed by atoms with Crippen LogP contribution in [0.1, 0.15) is 41.6 Å². The molecule has 37 heavy (non-hydrogen) atoms. The zero-order valence-electron chi connectivity index (χ0n) is 19.9. The zero-order chi connectivity index (χ0) is 26.5. The lowest BCUT2D eigenvalue weighted by Gasteiger charge is -2.41. The van der Waals surface area contributed by atoms with Gasteiger partial charge in [0.25, 0.3) is 0 Å². The second-order valence-corrected chi connectivity index (χ2v) is 8.96. The molecule has 1 N–H and O–H groups in total. The van der Waals surface area contributed by atoms with Gasteiger partial charge in [-0.05, 0) is 43.5 Å². The summed E-state index contributed by atoms with van der Waals surface area (Å²) in [5.41, 5.74) is -0.496. The average Bonchev–Trinajstić information content (AvgIpc) is 2.89. The molecule has 1 atom stereocenters. The molecule has 1 amide bonds. The molecule has 0 radical (unpaired) electrons. The van der Waals surface area contributed by atoms with Crippen molar-refractivity contribution in [2.45, 2.75) is 44.5 Å². The van der Waals surface area contributed by atoms with Crippen LogP contribution in [-0.4, -0.2) is 45.5 Å². The van der Waals surface area contributed by atoms with Crippen LogP contribution in [0.15, 0.2) is 36.7 Å². The minimum Gasteiger partial charge on any atom is -0.350 e. The lowest BCUT2D eigenvalue weighted by molar-refractivity contribution is -0.141. The highest BCUT2D eigenvalue weighted by Crippen LogP contribution is 2.40. The molecule has 0 fully saturated rings. The number of alkyl halides is 5. The first kappa shape index (κ1) is 24.8. The van der Waals surface area contributed by atoms with Crippen molar-refractivity contribution in [1.82, 2.24) is 19.9 Å². The summed E-state index contributed by atoms with van der Waals surface area (Å²) in [6, 6.07) is 3.41. The van der Waals surface area contributed by atoms with Gasteiger partial charge in [0.2, 0.25) is 11.9 Å². The van der Waals surface area contributed by atoms with Gasteiger partial charge in [-0.2, -0.15) is 26.9 Å². The second kappa shape index (κ2) is 8.89. The molecule has 0 aliphatic carbocycles. The van der Waals surface area contributed by atoms with Crippen LogP contribution in [-0.2, 0) is 29.9 Å². The molecule has 2 aliphatic rings. The van der Waals surface area contributed by atoms with Crippen LogP contribution >= 0.6 is 0 Å². The van der Waals surface area contributed by atoms with Gasteiger partial charge in [0.15, 0.2) is 5.82 Å². The number of pyridine rings is 2. The fourth-order valence-corrected chi connectivity index (χ4v) is 4.37. The third-order valence-corrected chi connectivity index (χ3v) is 6.56. The smallest absolute Gasteiger partial charge is 0.350 e. The topological polar surface area (TPSA) is 87.1 Å². The van der Waals surface area contributed by atoms with Gasteiger partial charge in [-0.25, -0.2) is 4.98 Å². The number of hydrogen-bond acceptors (Lipinski definition) is 7. The Hall–Kier alpha value is -3.90. The van der Waals surface area contributed by atoms with Crippen molar-refractivity contribution in [3.8, 4) is 0 Å². The number of aromatic nitrogens is 4. The molecule has 13 heteroatoms. The number of carbonyl (C=O) groups excluding carboxylic acids is 1. The average molecular weight is 519 g/mol. The maximum Gasteiger partial charge on any atom is 0.433 e. The minimum atomic E-state index is -4.72. The Bertz CT molecular complexity index is 1330. The maximum atomic E-state index is 14.8. The molecule has 194 valence electrons. The van der Waals surface area contributed by atoms with Gasteiger partial charge in [-0.1, -0.05) is 6.07 Å². The first-order valence-electron chi connectivity index (χ1n) is 11.5. The standard InChI is InChI=1S/C24H22F5N7O/c1-13-21(37)36-9-3-4-16-19(36)20(35(13)2)34-22(33-16)32-11-14-5-7-17(30-10-14)23(25,26)15-6-8-18(31-12-15)24(27,28)29/h5-8,10,12-13H,3-4,9,11H2,1-2H3,(H,32,33,34).